The van der Waals surface area contributed by atoms with Crippen molar-refractivity contribution in [2.45, 2.75) is 70.2 Å². The van der Waals surface area contributed by atoms with E-state index in [0.717, 1.165) is 44.4 Å². The van der Waals surface area contributed by atoms with Gasteiger partial charge in [-0.3, -0.25) is 0 Å². The third-order valence-electron chi connectivity index (χ3n) is 4.42. The van der Waals surface area contributed by atoms with Gasteiger partial charge >= 0.3 is 0 Å². The molecule has 20 heavy (non-hydrogen) atoms. The summed E-state index contributed by atoms with van der Waals surface area (Å²) in [5.41, 5.74) is 2.60. The maximum absolute atomic E-state index is 9.53. The lowest BCUT2D eigenvalue weighted by Gasteiger charge is -2.26. The van der Waals surface area contributed by atoms with E-state index in [1.54, 1.807) is 0 Å². The Morgan fingerprint density at radius 3 is 2.75 bits per heavy atom. The van der Waals surface area contributed by atoms with E-state index in [4.69, 9.17) is 4.74 Å². The zero-order valence-corrected chi connectivity index (χ0v) is 12.5. The van der Waals surface area contributed by atoms with Gasteiger partial charge in [0.2, 0.25) is 0 Å². The van der Waals surface area contributed by atoms with E-state index >= 15 is 0 Å². The molecule has 1 aliphatic carbocycles. The topological polar surface area (TPSA) is 41.5 Å². The van der Waals surface area contributed by atoms with Crippen LogP contribution in [0.25, 0.3) is 0 Å². The summed E-state index contributed by atoms with van der Waals surface area (Å²) >= 11 is 0. The minimum absolute atomic E-state index is 0.0616. The van der Waals surface area contributed by atoms with E-state index in [9.17, 15) is 5.11 Å². The molecule has 110 valence electrons. The van der Waals surface area contributed by atoms with Gasteiger partial charge in [-0.05, 0) is 56.7 Å². The molecule has 2 aliphatic rings. The zero-order valence-electron chi connectivity index (χ0n) is 12.5. The molecule has 0 atom stereocenters. The molecule has 1 aromatic carbocycles. The van der Waals surface area contributed by atoms with Crippen molar-refractivity contribution < 1.29 is 9.84 Å². The highest BCUT2D eigenvalue weighted by Gasteiger charge is 2.29. The lowest BCUT2D eigenvalue weighted by atomic mass is 9.93. The van der Waals surface area contributed by atoms with Crippen molar-refractivity contribution in [1.29, 1.82) is 0 Å². The van der Waals surface area contributed by atoms with E-state index in [-0.39, 0.29) is 11.7 Å². The predicted molar refractivity (Wildman–Crippen MR) is 80.0 cm³/mol. The molecule has 0 radical (unpaired) electrons. The lowest BCUT2D eigenvalue weighted by molar-refractivity contribution is 0.116. The molecule has 0 aromatic heterocycles. The molecule has 0 bridgehead atoms. The van der Waals surface area contributed by atoms with Gasteiger partial charge in [0.05, 0.1) is 6.10 Å². The van der Waals surface area contributed by atoms with Crippen molar-refractivity contribution in [2.24, 2.45) is 0 Å². The largest absolute Gasteiger partial charge is 0.487 e. The molecule has 0 amide bonds. The van der Waals surface area contributed by atoms with Crippen molar-refractivity contribution in [1.82, 2.24) is 5.32 Å². The van der Waals surface area contributed by atoms with Crippen LogP contribution in [0, 0.1) is 0 Å². The quantitative estimate of drug-likeness (QED) is 0.891. The summed E-state index contributed by atoms with van der Waals surface area (Å²) in [4.78, 5) is 0. The van der Waals surface area contributed by atoms with Crippen molar-refractivity contribution >= 4 is 0 Å². The van der Waals surface area contributed by atoms with Crippen molar-refractivity contribution in [3.63, 3.8) is 0 Å². The second kappa shape index (κ2) is 5.38. The van der Waals surface area contributed by atoms with Crippen molar-refractivity contribution in [3.05, 3.63) is 29.3 Å². The highest BCUT2D eigenvalue weighted by atomic mass is 16.5. The molecule has 3 heteroatoms. The van der Waals surface area contributed by atoms with E-state index in [1.165, 1.54) is 11.1 Å². The third kappa shape index (κ3) is 3.15. The van der Waals surface area contributed by atoms with Crippen LogP contribution < -0.4 is 10.1 Å². The van der Waals surface area contributed by atoms with Gasteiger partial charge < -0.3 is 15.2 Å². The Bertz CT molecular complexity index is 476. The maximum Gasteiger partial charge on any atom is 0.123 e. The molecule has 3 nitrogen and oxygen atoms in total. The molecular formula is C17H25NO2. The van der Waals surface area contributed by atoms with Gasteiger partial charge in [-0.1, -0.05) is 12.1 Å². The van der Waals surface area contributed by atoms with Gasteiger partial charge in [-0.15, -0.1) is 0 Å². The van der Waals surface area contributed by atoms with Crippen LogP contribution in [-0.2, 0) is 13.0 Å². The number of aliphatic hydroxyl groups is 1. The molecule has 1 aliphatic heterocycles. The molecule has 2 N–H and O–H groups in total. The standard InChI is InChI=1S/C17H25NO2/c1-17(2)10-13-9-12(3-8-16(13)20-17)11-18-14-4-6-15(19)7-5-14/h3,8-9,14-15,18-19H,4-7,10-11H2,1-2H3. The molecule has 0 saturated heterocycles. The minimum Gasteiger partial charge on any atom is -0.487 e. The number of rotatable bonds is 3. The van der Waals surface area contributed by atoms with E-state index < -0.39 is 0 Å². The number of benzene rings is 1. The van der Waals surface area contributed by atoms with Gasteiger partial charge in [0.25, 0.3) is 0 Å². The van der Waals surface area contributed by atoms with Gasteiger partial charge in [0.15, 0.2) is 0 Å². The zero-order chi connectivity index (χ0) is 14.2. The molecule has 1 heterocycles. The average molecular weight is 275 g/mol. The third-order valence-corrected chi connectivity index (χ3v) is 4.42. The molecule has 1 fully saturated rings. The van der Waals surface area contributed by atoms with Crippen LogP contribution >= 0.6 is 0 Å². The molecule has 1 aromatic rings. The Labute approximate surface area is 121 Å². The first kappa shape index (κ1) is 13.9. The highest BCUT2D eigenvalue weighted by molar-refractivity contribution is 5.41. The summed E-state index contributed by atoms with van der Waals surface area (Å²) in [6.45, 7) is 5.19. The number of ether oxygens (including phenoxy) is 1. The number of nitrogens with one attached hydrogen (secondary N) is 1. The Kier molecular flexibility index (Phi) is 3.74. The highest BCUT2D eigenvalue weighted by Crippen LogP contribution is 2.35. The van der Waals surface area contributed by atoms with Gasteiger partial charge in [-0.25, -0.2) is 0 Å². The fraction of sp³-hybridized carbons (Fsp3) is 0.647. The Morgan fingerprint density at radius 2 is 2.00 bits per heavy atom. The fourth-order valence-corrected chi connectivity index (χ4v) is 3.31. The molecule has 1 saturated carbocycles. The first-order valence-corrected chi connectivity index (χ1v) is 7.74. The van der Waals surface area contributed by atoms with E-state index in [0.29, 0.717) is 6.04 Å². The van der Waals surface area contributed by atoms with Crippen molar-refractivity contribution in [2.75, 3.05) is 0 Å². The summed E-state index contributed by atoms with van der Waals surface area (Å²) in [6, 6.07) is 7.09. The Hall–Kier alpha value is -1.06. The first-order chi connectivity index (χ1) is 9.52. The normalized spacial score (nSPS) is 27.9. The molecule has 0 spiro atoms. The van der Waals surface area contributed by atoms with Crippen LogP contribution in [0.5, 0.6) is 5.75 Å². The Morgan fingerprint density at radius 1 is 1.25 bits per heavy atom. The summed E-state index contributed by atoms with van der Waals surface area (Å²) in [7, 11) is 0. The number of aliphatic hydroxyl groups excluding tert-OH is 1. The monoisotopic (exact) mass is 275 g/mol. The summed E-state index contributed by atoms with van der Waals surface area (Å²) in [5, 5.41) is 13.1. The molecule has 0 unspecified atom stereocenters. The van der Waals surface area contributed by atoms with Crippen LogP contribution in [0.15, 0.2) is 18.2 Å². The first-order valence-electron chi connectivity index (χ1n) is 7.74. The van der Waals surface area contributed by atoms with Gasteiger partial charge in [0, 0.05) is 19.0 Å². The summed E-state index contributed by atoms with van der Waals surface area (Å²) in [6.07, 6.45) is 4.96. The molecule has 3 rings (SSSR count). The number of fused-ring (bicyclic) bond motifs is 1. The SMILES string of the molecule is CC1(C)Cc2cc(CNC3CCC(O)CC3)ccc2O1. The second-order valence-corrected chi connectivity index (χ2v) is 6.87. The fourth-order valence-electron chi connectivity index (χ4n) is 3.31. The lowest BCUT2D eigenvalue weighted by Crippen LogP contribution is -2.34. The summed E-state index contributed by atoms with van der Waals surface area (Å²) < 4.78 is 5.91. The smallest absolute Gasteiger partial charge is 0.123 e. The van der Waals surface area contributed by atoms with Crippen molar-refractivity contribution in [3.8, 4) is 5.75 Å². The minimum atomic E-state index is -0.0765. The van der Waals surface area contributed by atoms with E-state index in [2.05, 4.69) is 37.4 Å². The Balaban J connectivity index is 1.57. The van der Waals surface area contributed by atoms with E-state index in [1.807, 2.05) is 0 Å². The van der Waals surface area contributed by atoms with Crippen LogP contribution in [-0.4, -0.2) is 22.9 Å². The molecular weight excluding hydrogens is 250 g/mol. The van der Waals surface area contributed by atoms with Gasteiger partial charge in [0.1, 0.15) is 11.4 Å². The van der Waals surface area contributed by atoms with Crippen LogP contribution in [0.2, 0.25) is 0 Å². The maximum atomic E-state index is 9.53. The number of hydrogen-bond donors (Lipinski definition) is 2. The van der Waals surface area contributed by atoms with Gasteiger partial charge in [-0.2, -0.15) is 0 Å². The average Bonchev–Trinajstić information content (AvgIpc) is 2.71. The van der Waals surface area contributed by atoms with Crippen LogP contribution in [0.3, 0.4) is 0 Å². The summed E-state index contributed by atoms with van der Waals surface area (Å²) in [5.74, 6) is 1.04. The second-order valence-electron chi connectivity index (χ2n) is 6.87. The van der Waals surface area contributed by atoms with Crippen LogP contribution in [0.1, 0.15) is 50.7 Å². The van der Waals surface area contributed by atoms with Crippen LogP contribution in [0.4, 0.5) is 0 Å². The predicted octanol–water partition coefficient (Wildman–Crippen LogP) is 2.79. The number of hydrogen-bond acceptors (Lipinski definition) is 3.